The van der Waals surface area contributed by atoms with Crippen LogP contribution in [0.3, 0.4) is 0 Å². The largest absolute Gasteiger partial charge is 0.476 e. The first-order valence-corrected chi connectivity index (χ1v) is 8.70. The summed E-state index contributed by atoms with van der Waals surface area (Å²) in [4.78, 5) is 18.5. The Morgan fingerprint density at radius 1 is 1.04 bits per heavy atom. The molecule has 1 fully saturated rings. The number of para-hydroxylation sites is 1. The molecule has 0 radical (unpaired) electrons. The van der Waals surface area contributed by atoms with Gasteiger partial charge in [-0.15, -0.1) is 0 Å². The van der Waals surface area contributed by atoms with Crippen molar-refractivity contribution in [1.29, 1.82) is 0 Å². The van der Waals surface area contributed by atoms with Gasteiger partial charge in [-0.3, -0.25) is 0 Å². The number of benzene rings is 2. The van der Waals surface area contributed by atoms with Crippen molar-refractivity contribution in [2.24, 2.45) is 0 Å². The number of anilines is 1. The smallest absolute Gasteiger partial charge is 0.356 e. The molecule has 2 aromatic carbocycles. The minimum Gasteiger partial charge on any atom is -0.476 e. The van der Waals surface area contributed by atoms with E-state index in [2.05, 4.69) is 9.88 Å². The van der Waals surface area contributed by atoms with Gasteiger partial charge in [0.1, 0.15) is 0 Å². The molecule has 4 rings (SSSR count). The van der Waals surface area contributed by atoms with Crippen LogP contribution in [-0.2, 0) is 0 Å². The Hall–Kier alpha value is -2.59. The van der Waals surface area contributed by atoms with Gasteiger partial charge in [-0.05, 0) is 25.0 Å². The zero-order valence-corrected chi connectivity index (χ0v) is 14.3. The highest BCUT2D eigenvalue weighted by Gasteiger charge is 2.27. The topological polar surface area (TPSA) is 53.4 Å². The monoisotopic (exact) mass is 352 g/mol. The van der Waals surface area contributed by atoms with Crippen LogP contribution in [0.1, 0.15) is 23.3 Å². The number of aromatic carboxylic acids is 1. The molecular formula is C20H17ClN2O2. The highest BCUT2D eigenvalue weighted by atomic mass is 35.5. The Morgan fingerprint density at radius 3 is 2.44 bits per heavy atom. The molecule has 1 aliphatic rings. The van der Waals surface area contributed by atoms with E-state index in [4.69, 9.17) is 11.6 Å². The summed E-state index contributed by atoms with van der Waals surface area (Å²) < 4.78 is 0. The minimum atomic E-state index is -1.01. The molecule has 5 heteroatoms. The summed E-state index contributed by atoms with van der Waals surface area (Å²) in [6.45, 7) is 1.66. The molecule has 0 spiro atoms. The van der Waals surface area contributed by atoms with Crippen LogP contribution < -0.4 is 4.90 Å². The number of carbonyl (C=O) groups is 1. The minimum absolute atomic E-state index is 0.0931. The molecule has 1 N–H and O–H groups in total. The number of carboxylic acid groups (broad SMARTS) is 1. The first-order chi connectivity index (χ1) is 12.2. The molecule has 25 heavy (non-hydrogen) atoms. The first kappa shape index (κ1) is 15.9. The van der Waals surface area contributed by atoms with E-state index >= 15 is 0 Å². The third-order valence-corrected chi connectivity index (χ3v) is 4.96. The van der Waals surface area contributed by atoms with E-state index in [1.807, 2.05) is 48.5 Å². The third-order valence-electron chi connectivity index (χ3n) is 4.63. The van der Waals surface area contributed by atoms with Crippen molar-refractivity contribution in [3.63, 3.8) is 0 Å². The second-order valence-electron chi connectivity index (χ2n) is 6.18. The number of fused-ring (bicyclic) bond motifs is 1. The van der Waals surface area contributed by atoms with Gasteiger partial charge in [0.25, 0.3) is 0 Å². The molecule has 0 unspecified atom stereocenters. The van der Waals surface area contributed by atoms with E-state index in [1.54, 1.807) is 0 Å². The van der Waals surface area contributed by atoms with Crippen LogP contribution in [0.4, 0.5) is 5.69 Å². The number of nitrogens with zero attached hydrogens (tertiary/aromatic N) is 2. The molecule has 0 atom stereocenters. The second kappa shape index (κ2) is 6.37. The summed E-state index contributed by atoms with van der Waals surface area (Å²) in [6, 6.07) is 15.2. The molecule has 3 aromatic rings. The van der Waals surface area contributed by atoms with Crippen LogP contribution in [0, 0.1) is 0 Å². The predicted molar refractivity (Wildman–Crippen MR) is 101 cm³/mol. The van der Waals surface area contributed by atoms with Gasteiger partial charge >= 0.3 is 5.97 Å². The summed E-state index contributed by atoms with van der Waals surface area (Å²) in [7, 11) is 0. The predicted octanol–water partition coefficient (Wildman–Crippen LogP) is 4.85. The SMILES string of the molecule is O=C(O)c1nc2ccccc2c(-c2ccccc2Cl)c1N1CCCC1. The molecular weight excluding hydrogens is 336 g/mol. The van der Waals surface area contributed by atoms with Gasteiger partial charge in [-0.1, -0.05) is 48.0 Å². The zero-order chi connectivity index (χ0) is 17.4. The fraction of sp³-hybridized carbons (Fsp3) is 0.200. The number of pyridine rings is 1. The summed E-state index contributed by atoms with van der Waals surface area (Å²) in [5.74, 6) is -1.01. The van der Waals surface area contributed by atoms with E-state index in [0.717, 1.165) is 42.4 Å². The van der Waals surface area contributed by atoms with E-state index in [1.165, 1.54) is 0 Å². The van der Waals surface area contributed by atoms with Crippen LogP contribution in [0.2, 0.25) is 5.02 Å². The number of carboxylic acids is 1. The van der Waals surface area contributed by atoms with Crippen molar-refractivity contribution in [3.8, 4) is 11.1 Å². The lowest BCUT2D eigenvalue weighted by molar-refractivity contribution is 0.0691. The normalized spacial score (nSPS) is 14.2. The average Bonchev–Trinajstić information content (AvgIpc) is 3.15. The van der Waals surface area contributed by atoms with Gasteiger partial charge in [0.05, 0.1) is 11.2 Å². The van der Waals surface area contributed by atoms with E-state index in [-0.39, 0.29) is 5.69 Å². The van der Waals surface area contributed by atoms with E-state index in [9.17, 15) is 9.90 Å². The number of halogens is 1. The zero-order valence-electron chi connectivity index (χ0n) is 13.6. The summed E-state index contributed by atoms with van der Waals surface area (Å²) >= 11 is 6.48. The van der Waals surface area contributed by atoms with Crippen LogP contribution in [0.5, 0.6) is 0 Å². The standard InChI is InChI=1S/C20H17ClN2O2/c21-15-9-3-1-7-13(15)17-14-8-2-4-10-16(14)22-18(20(24)25)19(17)23-11-5-6-12-23/h1-4,7-10H,5-6,11-12H2,(H,24,25). The molecule has 0 amide bonds. The molecule has 1 saturated heterocycles. The van der Waals surface area contributed by atoms with Crippen molar-refractivity contribution in [1.82, 2.24) is 4.98 Å². The Labute approximate surface area is 150 Å². The van der Waals surface area contributed by atoms with Crippen molar-refractivity contribution in [3.05, 3.63) is 59.2 Å². The molecule has 0 aliphatic carbocycles. The lowest BCUT2D eigenvalue weighted by Gasteiger charge is -2.25. The highest BCUT2D eigenvalue weighted by Crippen LogP contribution is 2.42. The van der Waals surface area contributed by atoms with Crippen molar-refractivity contribution < 1.29 is 9.90 Å². The third kappa shape index (κ3) is 2.72. The molecule has 1 aromatic heterocycles. The average molecular weight is 353 g/mol. The van der Waals surface area contributed by atoms with Gasteiger partial charge in [-0.2, -0.15) is 0 Å². The molecule has 4 nitrogen and oxygen atoms in total. The van der Waals surface area contributed by atoms with Crippen molar-refractivity contribution in [2.75, 3.05) is 18.0 Å². The van der Waals surface area contributed by atoms with Crippen LogP contribution in [-0.4, -0.2) is 29.1 Å². The second-order valence-corrected chi connectivity index (χ2v) is 6.59. The van der Waals surface area contributed by atoms with Crippen LogP contribution in [0.25, 0.3) is 22.0 Å². The lowest BCUT2D eigenvalue weighted by atomic mass is 9.96. The number of rotatable bonds is 3. The molecule has 2 heterocycles. The molecule has 1 aliphatic heterocycles. The maximum Gasteiger partial charge on any atom is 0.356 e. The summed E-state index contributed by atoms with van der Waals surface area (Å²) in [5, 5.41) is 11.3. The lowest BCUT2D eigenvalue weighted by Crippen LogP contribution is -2.23. The molecule has 0 bridgehead atoms. The maximum absolute atomic E-state index is 12.0. The maximum atomic E-state index is 12.0. The van der Waals surface area contributed by atoms with Crippen LogP contribution >= 0.6 is 11.6 Å². The van der Waals surface area contributed by atoms with Gasteiger partial charge in [0.2, 0.25) is 0 Å². The number of hydrogen-bond donors (Lipinski definition) is 1. The highest BCUT2D eigenvalue weighted by molar-refractivity contribution is 6.34. The Kier molecular flexibility index (Phi) is 4.06. The quantitative estimate of drug-likeness (QED) is 0.731. The Bertz CT molecular complexity index is 965. The van der Waals surface area contributed by atoms with E-state index < -0.39 is 5.97 Å². The van der Waals surface area contributed by atoms with Gasteiger partial charge in [-0.25, -0.2) is 9.78 Å². The van der Waals surface area contributed by atoms with Gasteiger partial charge in [0.15, 0.2) is 5.69 Å². The Morgan fingerprint density at radius 2 is 1.72 bits per heavy atom. The first-order valence-electron chi connectivity index (χ1n) is 8.32. The number of aromatic nitrogens is 1. The fourth-order valence-electron chi connectivity index (χ4n) is 3.54. The van der Waals surface area contributed by atoms with Crippen LogP contribution in [0.15, 0.2) is 48.5 Å². The van der Waals surface area contributed by atoms with Crippen molar-refractivity contribution in [2.45, 2.75) is 12.8 Å². The van der Waals surface area contributed by atoms with Gasteiger partial charge in [0, 0.05) is 34.6 Å². The van der Waals surface area contributed by atoms with E-state index in [0.29, 0.717) is 16.2 Å². The van der Waals surface area contributed by atoms with Crippen molar-refractivity contribution >= 4 is 34.2 Å². The molecule has 126 valence electrons. The summed E-state index contributed by atoms with van der Waals surface area (Å²) in [6.07, 6.45) is 2.10. The molecule has 0 saturated carbocycles. The fourth-order valence-corrected chi connectivity index (χ4v) is 3.77. The van der Waals surface area contributed by atoms with Gasteiger partial charge < -0.3 is 10.0 Å². The summed E-state index contributed by atoms with van der Waals surface area (Å²) in [5.41, 5.74) is 3.13. The number of hydrogen-bond acceptors (Lipinski definition) is 3. The Balaban J connectivity index is 2.14.